The second-order valence-corrected chi connectivity index (χ2v) is 6.63. The molecule has 1 aromatic carbocycles. The highest BCUT2D eigenvalue weighted by Crippen LogP contribution is 2.30. The summed E-state index contributed by atoms with van der Waals surface area (Å²) in [7, 11) is 0. The highest BCUT2D eigenvalue weighted by molar-refractivity contribution is 7.16. The Labute approximate surface area is 152 Å². The smallest absolute Gasteiger partial charge is 0.226 e. The number of aryl methyl sites for hydroxylation is 1. The molecular weight excluding hydrogens is 349 g/mol. The number of rotatable bonds is 8. The number of benzene rings is 1. The largest absolute Gasteiger partial charge is 0.330 e. The van der Waals surface area contributed by atoms with Gasteiger partial charge in [-0.1, -0.05) is 12.8 Å². The Morgan fingerprint density at radius 1 is 1.21 bits per heavy atom. The Hall–Kier alpha value is -1.50. The molecule has 2 rings (SSSR count). The molecule has 132 valence electrons. The molecule has 0 aliphatic rings. The molecule has 3 N–H and O–H groups in total. The number of thiazole rings is 1. The number of unbranched alkanes of at least 4 members (excludes halogenated alkanes) is 3. The average Bonchev–Trinajstić information content (AvgIpc) is 2.88. The Morgan fingerprint density at radius 2 is 1.88 bits per heavy atom. The van der Waals surface area contributed by atoms with Crippen molar-refractivity contribution >= 4 is 34.8 Å². The normalized spacial score (nSPS) is 10.3. The lowest BCUT2D eigenvalue weighted by atomic mass is 10.1. The van der Waals surface area contributed by atoms with Crippen LogP contribution in [0.4, 0.5) is 9.52 Å². The lowest BCUT2D eigenvalue weighted by molar-refractivity contribution is -0.116. The molecule has 1 amide bonds. The maximum Gasteiger partial charge on any atom is 0.226 e. The molecule has 1 aromatic heterocycles. The zero-order valence-electron chi connectivity index (χ0n) is 13.7. The molecule has 24 heavy (non-hydrogen) atoms. The van der Waals surface area contributed by atoms with Gasteiger partial charge in [-0.2, -0.15) is 0 Å². The summed E-state index contributed by atoms with van der Waals surface area (Å²) < 4.78 is 13.0. The number of carbonyl (C=O) groups is 1. The fourth-order valence-corrected chi connectivity index (χ4v) is 3.14. The maximum atomic E-state index is 13.0. The highest BCUT2D eigenvalue weighted by atomic mass is 35.5. The van der Waals surface area contributed by atoms with Crippen molar-refractivity contribution in [3.63, 3.8) is 0 Å². The lowest BCUT2D eigenvalue weighted by Crippen LogP contribution is -2.10. The molecular formula is C17H23ClFN3OS. The first-order chi connectivity index (χ1) is 11.1. The van der Waals surface area contributed by atoms with E-state index >= 15 is 0 Å². The molecule has 0 radical (unpaired) electrons. The van der Waals surface area contributed by atoms with Crippen LogP contribution < -0.4 is 11.1 Å². The predicted molar refractivity (Wildman–Crippen MR) is 100 cm³/mol. The monoisotopic (exact) mass is 371 g/mol. The molecule has 0 unspecified atom stereocenters. The van der Waals surface area contributed by atoms with E-state index in [-0.39, 0.29) is 24.1 Å². The topological polar surface area (TPSA) is 68.0 Å². The number of carbonyl (C=O) groups excluding carboxylic acids is 1. The standard InChI is InChI=1S/C17H22FN3OS.ClH/c1-12-16(13-7-9-14(18)10-8-13)21-17(23-12)20-15(22)6-4-2-3-5-11-19;/h7-10H,2-6,11,19H2,1H3,(H,20,21,22);1H. The number of nitrogens with two attached hydrogens (primary N) is 1. The Morgan fingerprint density at radius 3 is 2.54 bits per heavy atom. The van der Waals surface area contributed by atoms with Gasteiger partial charge in [0.25, 0.3) is 0 Å². The van der Waals surface area contributed by atoms with Crippen LogP contribution in [0.15, 0.2) is 24.3 Å². The molecule has 0 saturated carbocycles. The molecule has 0 bridgehead atoms. The van der Waals surface area contributed by atoms with Crippen molar-refractivity contribution in [3.8, 4) is 11.3 Å². The minimum absolute atomic E-state index is 0. The Bertz CT molecular complexity index is 646. The van der Waals surface area contributed by atoms with E-state index in [4.69, 9.17) is 5.73 Å². The van der Waals surface area contributed by atoms with Gasteiger partial charge < -0.3 is 11.1 Å². The number of nitrogens with zero attached hydrogens (tertiary/aromatic N) is 1. The van der Waals surface area contributed by atoms with E-state index in [2.05, 4.69) is 10.3 Å². The molecule has 0 fully saturated rings. The first-order valence-electron chi connectivity index (χ1n) is 7.83. The van der Waals surface area contributed by atoms with Gasteiger partial charge in [0.2, 0.25) is 5.91 Å². The Kier molecular flexibility index (Phi) is 8.89. The number of hydrogen-bond donors (Lipinski definition) is 2. The zero-order valence-corrected chi connectivity index (χ0v) is 15.3. The molecule has 0 aliphatic heterocycles. The van der Waals surface area contributed by atoms with Crippen LogP contribution in [0.3, 0.4) is 0 Å². The third-order valence-electron chi connectivity index (χ3n) is 3.52. The molecule has 0 atom stereocenters. The van der Waals surface area contributed by atoms with Crippen molar-refractivity contribution in [3.05, 3.63) is 35.0 Å². The predicted octanol–water partition coefficient (Wildman–Crippen LogP) is 4.53. The van der Waals surface area contributed by atoms with Crippen LogP contribution in [0, 0.1) is 12.7 Å². The maximum absolute atomic E-state index is 13.0. The van der Waals surface area contributed by atoms with E-state index in [1.807, 2.05) is 6.92 Å². The van der Waals surface area contributed by atoms with Gasteiger partial charge in [-0.25, -0.2) is 9.37 Å². The summed E-state index contributed by atoms with van der Waals surface area (Å²) in [4.78, 5) is 17.4. The van der Waals surface area contributed by atoms with Crippen molar-refractivity contribution in [1.82, 2.24) is 4.98 Å². The van der Waals surface area contributed by atoms with Gasteiger partial charge in [-0.15, -0.1) is 23.7 Å². The number of amides is 1. The molecule has 0 spiro atoms. The van der Waals surface area contributed by atoms with Crippen molar-refractivity contribution in [2.75, 3.05) is 11.9 Å². The molecule has 0 saturated heterocycles. The lowest BCUT2D eigenvalue weighted by Gasteiger charge is -2.01. The molecule has 1 heterocycles. The molecule has 4 nitrogen and oxygen atoms in total. The summed E-state index contributed by atoms with van der Waals surface area (Å²) in [6.07, 6.45) is 4.45. The summed E-state index contributed by atoms with van der Waals surface area (Å²) >= 11 is 1.44. The molecule has 0 aliphatic carbocycles. The van der Waals surface area contributed by atoms with Gasteiger partial charge in [-0.05, 0) is 50.6 Å². The summed E-state index contributed by atoms with van der Waals surface area (Å²) in [6, 6.07) is 6.21. The van der Waals surface area contributed by atoms with E-state index in [9.17, 15) is 9.18 Å². The minimum atomic E-state index is -0.273. The van der Waals surface area contributed by atoms with E-state index in [0.717, 1.165) is 41.8 Å². The van der Waals surface area contributed by atoms with Crippen LogP contribution in [0.2, 0.25) is 0 Å². The number of nitrogens with one attached hydrogen (secondary N) is 1. The number of aromatic nitrogens is 1. The summed E-state index contributed by atoms with van der Waals surface area (Å²) in [5.41, 5.74) is 7.07. The second-order valence-electron chi connectivity index (χ2n) is 5.43. The SMILES string of the molecule is Cc1sc(NC(=O)CCCCCCN)nc1-c1ccc(F)cc1.Cl. The van der Waals surface area contributed by atoms with Crippen molar-refractivity contribution in [2.45, 2.75) is 39.0 Å². The summed E-state index contributed by atoms with van der Waals surface area (Å²) in [5.74, 6) is -0.290. The summed E-state index contributed by atoms with van der Waals surface area (Å²) in [6.45, 7) is 2.65. The van der Waals surface area contributed by atoms with Gasteiger partial charge in [-0.3, -0.25) is 4.79 Å². The van der Waals surface area contributed by atoms with Crippen LogP contribution in [-0.2, 0) is 4.79 Å². The van der Waals surface area contributed by atoms with E-state index in [1.165, 1.54) is 23.5 Å². The van der Waals surface area contributed by atoms with Crippen molar-refractivity contribution in [2.24, 2.45) is 5.73 Å². The minimum Gasteiger partial charge on any atom is -0.330 e. The number of halogens is 2. The molecule has 2 aromatic rings. The quantitative estimate of drug-likeness (QED) is 0.670. The van der Waals surface area contributed by atoms with E-state index < -0.39 is 0 Å². The van der Waals surface area contributed by atoms with Crippen LogP contribution in [0.25, 0.3) is 11.3 Å². The van der Waals surface area contributed by atoms with Gasteiger partial charge in [0.05, 0.1) is 5.69 Å². The van der Waals surface area contributed by atoms with Gasteiger partial charge in [0.1, 0.15) is 5.82 Å². The third-order valence-corrected chi connectivity index (χ3v) is 4.40. The van der Waals surface area contributed by atoms with Gasteiger partial charge in [0, 0.05) is 16.9 Å². The van der Waals surface area contributed by atoms with E-state index in [1.54, 1.807) is 12.1 Å². The second kappa shape index (κ2) is 10.4. The van der Waals surface area contributed by atoms with Crippen LogP contribution >= 0.6 is 23.7 Å². The van der Waals surface area contributed by atoms with Gasteiger partial charge in [0.15, 0.2) is 5.13 Å². The van der Waals surface area contributed by atoms with Crippen LogP contribution in [-0.4, -0.2) is 17.4 Å². The van der Waals surface area contributed by atoms with Gasteiger partial charge >= 0.3 is 0 Å². The zero-order chi connectivity index (χ0) is 16.7. The molecule has 7 heteroatoms. The van der Waals surface area contributed by atoms with Crippen molar-refractivity contribution in [1.29, 1.82) is 0 Å². The summed E-state index contributed by atoms with van der Waals surface area (Å²) in [5, 5.41) is 3.44. The van der Waals surface area contributed by atoms with Crippen LogP contribution in [0.5, 0.6) is 0 Å². The average molecular weight is 372 g/mol. The first-order valence-corrected chi connectivity index (χ1v) is 8.65. The van der Waals surface area contributed by atoms with E-state index in [0.29, 0.717) is 18.1 Å². The fraction of sp³-hybridized carbons (Fsp3) is 0.412. The highest BCUT2D eigenvalue weighted by Gasteiger charge is 2.12. The Balaban J connectivity index is 0.00000288. The third kappa shape index (κ3) is 6.19. The first kappa shape index (κ1) is 20.5. The van der Waals surface area contributed by atoms with Crippen molar-refractivity contribution < 1.29 is 9.18 Å². The van der Waals surface area contributed by atoms with Crippen LogP contribution in [0.1, 0.15) is 37.0 Å². The number of hydrogen-bond acceptors (Lipinski definition) is 4. The number of anilines is 1. The fourth-order valence-electron chi connectivity index (χ4n) is 2.29.